The van der Waals surface area contributed by atoms with Crippen LogP contribution in [-0.2, 0) is 0 Å². The summed E-state index contributed by atoms with van der Waals surface area (Å²) in [5, 5.41) is 0. The molecule has 0 saturated heterocycles. The van der Waals surface area contributed by atoms with Crippen LogP contribution in [0.2, 0.25) is 0 Å². The molecule has 0 bridgehead atoms. The molecule has 0 atom stereocenters. The van der Waals surface area contributed by atoms with Crippen molar-refractivity contribution >= 4 is 34.1 Å². The third kappa shape index (κ3) is 8.26. The predicted molar refractivity (Wildman–Crippen MR) is 201 cm³/mol. The van der Waals surface area contributed by atoms with E-state index in [1.807, 2.05) is 12.1 Å². The molecule has 6 rings (SSSR count). The standard InChI is InChI=1S/C44H44N2O2/c1-33-13-21-37(22-14-33)45(38-23-15-34(2)16-24-38)41-9-7-11-43(31-41)47-29-5-6-30-48-44-12-8-10-42(32-44)46(39-25-17-35(3)18-26-39)40-27-19-36(4)20-28-40/h7-28,31-32H,5-6,29-30H2,1-4H3. The van der Waals surface area contributed by atoms with E-state index in [0.717, 1.165) is 58.5 Å². The topological polar surface area (TPSA) is 24.9 Å². The number of ether oxygens (including phenoxy) is 2. The molecule has 0 aromatic heterocycles. The Kier molecular flexibility index (Phi) is 10.4. The first-order valence-corrected chi connectivity index (χ1v) is 16.8. The zero-order chi connectivity index (χ0) is 33.3. The minimum atomic E-state index is 0.622. The van der Waals surface area contributed by atoms with Crippen LogP contribution < -0.4 is 19.3 Å². The summed E-state index contributed by atoms with van der Waals surface area (Å²) >= 11 is 0. The molecule has 0 aliphatic heterocycles. The van der Waals surface area contributed by atoms with Crippen molar-refractivity contribution in [1.82, 2.24) is 0 Å². The summed E-state index contributed by atoms with van der Waals surface area (Å²) in [5.41, 5.74) is 11.5. The second-order valence-corrected chi connectivity index (χ2v) is 12.4. The van der Waals surface area contributed by atoms with Crippen molar-refractivity contribution in [3.63, 3.8) is 0 Å². The van der Waals surface area contributed by atoms with Crippen LogP contribution in [0.3, 0.4) is 0 Å². The molecule has 0 spiro atoms. The number of anilines is 6. The van der Waals surface area contributed by atoms with Gasteiger partial charge in [-0.15, -0.1) is 0 Å². The molecule has 0 radical (unpaired) electrons. The van der Waals surface area contributed by atoms with Gasteiger partial charge in [-0.05, 0) is 113 Å². The van der Waals surface area contributed by atoms with E-state index in [4.69, 9.17) is 9.47 Å². The van der Waals surface area contributed by atoms with Gasteiger partial charge in [-0.1, -0.05) is 82.9 Å². The lowest BCUT2D eigenvalue weighted by Crippen LogP contribution is -2.10. The molecule has 242 valence electrons. The van der Waals surface area contributed by atoms with Gasteiger partial charge in [0, 0.05) is 46.3 Å². The molecule has 6 aromatic rings. The molecular formula is C44H44N2O2. The van der Waals surface area contributed by atoms with Crippen LogP contribution in [0.4, 0.5) is 34.1 Å². The third-order valence-electron chi connectivity index (χ3n) is 8.40. The molecule has 0 fully saturated rings. The molecule has 6 aromatic carbocycles. The number of hydrogen-bond acceptors (Lipinski definition) is 4. The van der Waals surface area contributed by atoms with Crippen molar-refractivity contribution in [1.29, 1.82) is 0 Å². The Morgan fingerprint density at radius 2 is 0.646 bits per heavy atom. The van der Waals surface area contributed by atoms with E-state index in [2.05, 4.69) is 171 Å². The number of unbranched alkanes of at least 4 members (excludes halogenated alkanes) is 1. The maximum Gasteiger partial charge on any atom is 0.121 e. The van der Waals surface area contributed by atoms with Crippen LogP contribution in [0.1, 0.15) is 35.1 Å². The molecule has 0 amide bonds. The van der Waals surface area contributed by atoms with E-state index < -0.39 is 0 Å². The van der Waals surface area contributed by atoms with E-state index in [9.17, 15) is 0 Å². The number of benzene rings is 6. The highest BCUT2D eigenvalue weighted by Crippen LogP contribution is 2.37. The molecule has 4 nitrogen and oxygen atoms in total. The molecule has 4 heteroatoms. The second kappa shape index (κ2) is 15.4. The molecule has 0 heterocycles. The number of aryl methyl sites for hydroxylation is 4. The molecule has 0 N–H and O–H groups in total. The van der Waals surface area contributed by atoms with Crippen LogP contribution in [0.5, 0.6) is 11.5 Å². The molecule has 0 aliphatic carbocycles. The first-order valence-electron chi connectivity index (χ1n) is 16.8. The molecule has 48 heavy (non-hydrogen) atoms. The first kappa shape index (κ1) is 32.5. The van der Waals surface area contributed by atoms with Crippen molar-refractivity contribution < 1.29 is 9.47 Å². The maximum atomic E-state index is 6.24. The number of nitrogens with zero attached hydrogens (tertiary/aromatic N) is 2. The quantitative estimate of drug-likeness (QED) is 0.118. The highest BCUT2D eigenvalue weighted by molar-refractivity contribution is 5.78. The Morgan fingerprint density at radius 3 is 0.938 bits per heavy atom. The monoisotopic (exact) mass is 632 g/mol. The van der Waals surface area contributed by atoms with Crippen LogP contribution in [0.15, 0.2) is 146 Å². The minimum absolute atomic E-state index is 0.622. The molecule has 0 unspecified atom stereocenters. The lowest BCUT2D eigenvalue weighted by Gasteiger charge is -2.26. The van der Waals surface area contributed by atoms with Gasteiger partial charge in [-0.25, -0.2) is 0 Å². The molecule has 0 aliphatic rings. The predicted octanol–water partition coefficient (Wildman–Crippen LogP) is 12.1. The van der Waals surface area contributed by atoms with E-state index >= 15 is 0 Å². The van der Waals surface area contributed by atoms with Gasteiger partial charge in [-0.3, -0.25) is 0 Å². The summed E-state index contributed by atoms with van der Waals surface area (Å²) < 4.78 is 12.5. The largest absolute Gasteiger partial charge is 0.494 e. The summed E-state index contributed by atoms with van der Waals surface area (Å²) in [5.74, 6) is 1.72. The number of hydrogen-bond donors (Lipinski definition) is 0. The average molecular weight is 633 g/mol. The highest BCUT2D eigenvalue weighted by Gasteiger charge is 2.15. The Bertz CT molecular complexity index is 1660. The van der Waals surface area contributed by atoms with Gasteiger partial charge in [0.15, 0.2) is 0 Å². The fourth-order valence-electron chi connectivity index (χ4n) is 5.68. The van der Waals surface area contributed by atoms with Crippen molar-refractivity contribution in [2.24, 2.45) is 0 Å². The van der Waals surface area contributed by atoms with E-state index in [0.29, 0.717) is 13.2 Å². The van der Waals surface area contributed by atoms with Crippen LogP contribution >= 0.6 is 0 Å². The van der Waals surface area contributed by atoms with Gasteiger partial charge in [0.25, 0.3) is 0 Å². The van der Waals surface area contributed by atoms with Crippen LogP contribution in [-0.4, -0.2) is 13.2 Å². The average Bonchev–Trinajstić information content (AvgIpc) is 3.10. The normalized spacial score (nSPS) is 10.8. The third-order valence-corrected chi connectivity index (χ3v) is 8.40. The SMILES string of the molecule is Cc1ccc(N(c2ccc(C)cc2)c2cccc(OCCCCOc3cccc(N(c4ccc(C)cc4)c4ccc(C)cc4)c3)c2)cc1. The van der Waals surface area contributed by atoms with Gasteiger partial charge in [0.05, 0.1) is 13.2 Å². The summed E-state index contributed by atoms with van der Waals surface area (Å²) in [6.45, 7) is 9.70. The fourth-order valence-corrected chi connectivity index (χ4v) is 5.68. The zero-order valence-electron chi connectivity index (χ0n) is 28.4. The summed E-state index contributed by atoms with van der Waals surface area (Å²) in [7, 11) is 0. The zero-order valence-corrected chi connectivity index (χ0v) is 28.4. The Morgan fingerprint density at radius 1 is 0.354 bits per heavy atom. The van der Waals surface area contributed by atoms with Crippen molar-refractivity contribution in [3.8, 4) is 11.5 Å². The fraction of sp³-hybridized carbons (Fsp3) is 0.182. The van der Waals surface area contributed by atoms with E-state index in [-0.39, 0.29) is 0 Å². The van der Waals surface area contributed by atoms with Crippen molar-refractivity contribution in [2.45, 2.75) is 40.5 Å². The molecule has 0 saturated carbocycles. The smallest absolute Gasteiger partial charge is 0.121 e. The van der Waals surface area contributed by atoms with Crippen molar-refractivity contribution in [2.75, 3.05) is 23.0 Å². The Labute approximate surface area is 285 Å². The van der Waals surface area contributed by atoms with Gasteiger partial charge in [0.1, 0.15) is 11.5 Å². The van der Waals surface area contributed by atoms with Gasteiger partial charge >= 0.3 is 0 Å². The lowest BCUT2D eigenvalue weighted by molar-refractivity contribution is 0.266. The molecular weight excluding hydrogens is 588 g/mol. The second-order valence-electron chi connectivity index (χ2n) is 12.4. The maximum absolute atomic E-state index is 6.24. The summed E-state index contributed by atoms with van der Waals surface area (Å²) in [6, 6.07) is 51.2. The minimum Gasteiger partial charge on any atom is -0.494 e. The summed E-state index contributed by atoms with van der Waals surface area (Å²) in [4.78, 5) is 4.54. The Hall–Kier alpha value is -5.48. The van der Waals surface area contributed by atoms with Crippen LogP contribution in [0, 0.1) is 27.7 Å². The lowest BCUT2D eigenvalue weighted by atomic mass is 10.1. The van der Waals surface area contributed by atoms with E-state index in [1.54, 1.807) is 0 Å². The van der Waals surface area contributed by atoms with E-state index in [1.165, 1.54) is 22.3 Å². The first-order chi connectivity index (χ1) is 23.4. The van der Waals surface area contributed by atoms with Crippen LogP contribution in [0.25, 0.3) is 0 Å². The van der Waals surface area contributed by atoms with Gasteiger partial charge in [0.2, 0.25) is 0 Å². The van der Waals surface area contributed by atoms with Gasteiger partial charge < -0.3 is 19.3 Å². The van der Waals surface area contributed by atoms with Gasteiger partial charge in [-0.2, -0.15) is 0 Å². The number of rotatable bonds is 13. The Balaban J connectivity index is 1.07. The highest BCUT2D eigenvalue weighted by atomic mass is 16.5. The summed E-state index contributed by atoms with van der Waals surface area (Å²) in [6.07, 6.45) is 1.78. The van der Waals surface area contributed by atoms with Crippen molar-refractivity contribution in [3.05, 3.63) is 168 Å².